The minimum atomic E-state index is -0.107. The highest BCUT2D eigenvalue weighted by atomic mass is 16.5. The second-order valence-corrected chi connectivity index (χ2v) is 2.34. The molecule has 0 saturated heterocycles. The number of hydrogen-bond donors (Lipinski definition) is 1. The van der Waals surface area contributed by atoms with Crippen LogP contribution in [0.4, 0.5) is 0 Å². The summed E-state index contributed by atoms with van der Waals surface area (Å²) >= 11 is 0. The summed E-state index contributed by atoms with van der Waals surface area (Å²) in [6.45, 7) is 1.97. The van der Waals surface area contributed by atoms with E-state index in [-0.39, 0.29) is 5.56 Å². The van der Waals surface area contributed by atoms with Gasteiger partial charge in [-0.15, -0.1) is 0 Å². The lowest BCUT2D eigenvalue weighted by Crippen LogP contribution is -2.12. The van der Waals surface area contributed by atoms with E-state index in [2.05, 4.69) is 5.10 Å². The van der Waals surface area contributed by atoms with Gasteiger partial charge in [0.2, 0.25) is 5.75 Å². The van der Waals surface area contributed by atoms with Gasteiger partial charge in [-0.25, -0.2) is 0 Å². The van der Waals surface area contributed by atoms with E-state index in [1.807, 2.05) is 6.92 Å². The van der Waals surface area contributed by atoms with Crippen LogP contribution in [0, 0.1) is 0 Å². The summed E-state index contributed by atoms with van der Waals surface area (Å²) < 4.78 is 6.34. The van der Waals surface area contributed by atoms with E-state index in [9.17, 15) is 4.79 Å². The first-order valence-corrected chi connectivity index (χ1v) is 3.52. The number of hydrogen-bond acceptors (Lipinski definition) is 2. The lowest BCUT2D eigenvalue weighted by atomic mass is 10.3. The van der Waals surface area contributed by atoms with Crippen LogP contribution in [0.15, 0.2) is 4.79 Å². The zero-order chi connectivity index (χ0) is 8.43. The van der Waals surface area contributed by atoms with Gasteiger partial charge in [-0.1, -0.05) is 6.92 Å². The highest BCUT2D eigenvalue weighted by Gasteiger charge is 2.09. The standard InChI is InChI=1S/C7H12N2O2/c1-4-5-6(11-3)7(10)9(2)8-5/h8H,4H2,1-3H3. The molecule has 1 aromatic heterocycles. The van der Waals surface area contributed by atoms with Crippen LogP contribution in [0.5, 0.6) is 5.75 Å². The third-order valence-electron chi connectivity index (χ3n) is 1.63. The third-order valence-corrected chi connectivity index (χ3v) is 1.63. The maximum absolute atomic E-state index is 11.2. The number of rotatable bonds is 2. The molecule has 1 rings (SSSR count). The molecule has 11 heavy (non-hydrogen) atoms. The summed E-state index contributed by atoms with van der Waals surface area (Å²) in [6.07, 6.45) is 0.777. The van der Waals surface area contributed by atoms with Crippen LogP contribution >= 0.6 is 0 Å². The summed E-state index contributed by atoms with van der Waals surface area (Å²) in [6, 6.07) is 0. The van der Waals surface area contributed by atoms with E-state index < -0.39 is 0 Å². The number of aromatic amines is 1. The summed E-state index contributed by atoms with van der Waals surface area (Å²) in [4.78, 5) is 11.2. The second kappa shape index (κ2) is 2.82. The van der Waals surface area contributed by atoms with Crippen molar-refractivity contribution < 1.29 is 4.74 Å². The van der Waals surface area contributed by atoms with Gasteiger partial charge in [-0.2, -0.15) is 0 Å². The summed E-state index contributed by atoms with van der Waals surface area (Å²) in [5, 5.41) is 2.89. The van der Waals surface area contributed by atoms with E-state index in [1.165, 1.54) is 11.8 Å². The Bertz CT molecular complexity index is 298. The highest BCUT2D eigenvalue weighted by Crippen LogP contribution is 2.09. The van der Waals surface area contributed by atoms with Crippen LogP contribution in [-0.2, 0) is 13.5 Å². The first-order chi connectivity index (χ1) is 5.20. The molecule has 1 aromatic rings. The Hall–Kier alpha value is -1.19. The fourth-order valence-corrected chi connectivity index (χ4v) is 1.04. The van der Waals surface area contributed by atoms with Crippen LogP contribution in [-0.4, -0.2) is 16.9 Å². The summed E-state index contributed by atoms with van der Waals surface area (Å²) in [5.74, 6) is 0.426. The monoisotopic (exact) mass is 156 g/mol. The van der Waals surface area contributed by atoms with Crippen LogP contribution in [0.3, 0.4) is 0 Å². The maximum atomic E-state index is 11.2. The molecule has 0 fully saturated rings. The second-order valence-electron chi connectivity index (χ2n) is 2.34. The molecule has 0 aliphatic rings. The molecule has 0 spiro atoms. The number of nitrogens with zero attached hydrogens (tertiary/aromatic N) is 1. The van der Waals surface area contributed by atoms with Gasteiger partial charge in [0.1, 0.15) is 0 Å². The van der Waals surface area contributed by atoms with Gasteiger partial charge in [0.05, 0.1) is 12.8 Å². The molecule has 0 aromatic carbocycles. The van der Waals surface area contributed by atoms with Crippen molar-refractivity contribution in [3.8, 4) is 5.75 Å². The molecular weight excluding hydrogens is 144 g/mol. The van der Waals surface area contributed by atoms with Crippen LogP contribution in [0.2, 0.25) is 0 Å². The quantitative estimate of drug-likeness (QED) is 0.668. The molecule has 0 amide bonds. The van der Waals surface area contributed by atoms with Crippen molar-refractivity contribution in [1.29, 1.82) is 0 Å². The molecule has 1 heterocycles. The average Bonchev–Trinajstić information content (AvgIpc) is 2.28. The fraction of sp³-hybridized carbons (Fsp3) is 0.571. The Kier molecular flexibility index (Phi) is 2.03. The zero-order valence-electron chi connectivity index (χ0n) is 6.97. The van der Waals surface area contributed by atoms with Gasteiger partial charge in [0, 0.05) is 7.05 Å². The van der Waals surface area contributed by atoms with Crippen molar-refractivity contribution >= 4 is 0 Å². The lowest BCUT2D eigenvalue weighted by molar-refractivity contribution is 0.405. The Morgan fingerprint density at radius 2 is 2.27 bits per heavy atom. The number of ether oxygens (including phenoxy) is 1. The topological polar surface area (TPSA) is 47.0 Å². The molecule has 0 unspecified atom stereocenters. The minimum Gasteiger partial charge on any atom is -0.490 e. The van der Waals surface area contributed by atoms with Crippen molar-refractivity contribution in [2.75, 3.05) is 7.11 Å². The van der Waals surface area contributed by atoms with Crippen molar-refractivity contribution in [2.45, 2.75) is 13.3 Å². The number of H-pyrrole nitrogens is 1. The first kappa shape index (κ1) is 7.91. The van der Waals surface area contributed by atoms with Crippen LogP contribution in [0.25, 0.3) is 0 Å². The van der Waals surface area contributed by atoms with Gasteiger partial charge in [0.15, 0.2) is 0 Å². The van der Waals surface area contributed by atoms with Gasteiger partial charge < -0.3 is 4.74 Å². The first-order valence-electron chi connectivity index (χ1n) is 3.52. The fourth-order valence-electron chi connectivity index (χ4n) is 1.04. The Balaban J connectivity index is 3.27. The van der Waals surface area contributed by atoms with Gasteiger partial charge in [-0.05, 0) is 6.42 Å². The summed E-state index contributed by atoms with van der Waals surface area (Å²) in [5.41, 5.74) is 0.740. The van der Waals surface area contributed by atoms with Crippen molar-refractivity contribution in [1.82, 2.24) is 9.78 Å². The van der Waals surface area contributed by atoms with E-state index in [1.54, 1.807) is 7.05 Å². The smallest absolute Gasteiger partial charge is 0.308 e. The Morgan fingerprint density at radius 3 is 2.64 bits per heavy atom. The van der Waals surface area contributed by atoms with Crippen LogP contribution in [0.1, 0.15) is 12.6 Å². The molecule has 0 aliphatic carbocycles. The van der Waals surface area contributed by atoms with Gasteiger partial charge in [0.25, 0.3) is 0 Å². The zero-order valence-corrected chi connectivity index (χ0v) is 6.97. The molecule has 0 saturated carbocycles. The molecule has 0 radical (unpaired) electrons. The Morgan fingerprint density at radius 1 is 1.64 bits per heavy atom. The van der Waals surface area contributed by atoms with E-state index in [4.69, 9.17) is 4.74 Å². The van der Waals surface area contributed by atoms with Crippen molar-refractivity contribution in [3.63, 3.8) is 0 Å². The van der Waals surface area contributed by atoms with Crippen LogP contribution < -0.4 is 10.3 Å². The van der Waals surface area contributed by atoms with E-state index in [0.29, 0.717) is 5.75 Å². The Labute approximate surface area is 64.8 Å². The van der Waals surface area contributed by atoms with Gasteiger partial charge >= 0.3 is 5.56 Å². The highest BCUT2D eigenvalue weighted by molar-refractivity contribution is 5.24. The molecule has 4 heteroatoms. The molecule has 4 nitrogen and oxygen atoms in total. The van der Waals surface area contributed by atoms with E-state index in [0.717, 1.165) is 12.1 Å². The average molecular weight is 156 g/mol. The lowest BCUT2D eigenvalue weighted by Gasteiger charge is -1.94. The number of methoxy groups -OCH3 is 1. The number of aromatic nitrogens is 2. The minimum absolute atomic E-state index is 0.107. The van der Waals surface area contributed by atoms with Gasteiger partial charge in [-0.3, -0.25) is 14.6 Å². The predicted octanol–water partition coefficient (Wildman–Crippen LogP) is 0.284. The number of aryl methyl sites for hydroxylation is 2. The third kappa shape index (κ3) is 1.15. The molecule has 1 N–H and O–H groups in total. The van der Waals surface area contributed by atoms with E-state index >= 15 is 0 Å². The molecule has 0 atom stereocenters. The molecule has 0 bridgehead atoms. The number of nitrogens with one attached hydrogen (secondary N) is 1. The predicted molar refractivity (Wildman–Crippen MR) is 42.0 cm³/mol. The SMILES string of the molecule is CCc1[nH]n(C)c(=O)c1OC. The summed E-state index contributed by atoms with van der Waals surface area (Å²) in [7, 11) is 3.17. The van der Waals surface area contributed by atoms with Crippen molar-refractivity contribution in [2.24, 2.45) is 7.05 Å². The normalized spacial score (nSPS) is 10.1. The molecule has 0 aliphatic heterocycles. The molecular formula is C7H12N2O2. The molecule has 62 valence electrons. The van der Waals surface area contributed by atoms with Crippen molar-refractivity contribution in [3.05, 3.63) is 16.0 Å². The maximum Gasteiger partial charge on any atom is 0.308 e. The largest absolute Gasteiger partial charge is 0.490 e.